The van der Waals surface area contributed by atoms with Crippen LogP contribution in [0.2, 0.25) is 0 Å². The largest absolute Gasteiger partial charge is 0.348 e. The monoisotopic (exact) mass is 379 g/mol. The lowest BCUT2D eigenvalue weighted by molar-refractivity contribution is -0.116. The maximum absolute atomic E-state index is 12.5. The summed E-state index contributed by atoms with van der Waals surface area (Å²) < 4.78 is 3.21. The Morgan fingerprint density at radius 3 is 2.50 bits per heavy atom. The van der Waals surface area contributed by atoms with Gasteiger partial charge in [-0.2, -0.15) is 4.98 Å². The summed E-state index contributed by atoms with van der Waals surface area (Å²) >= 11 is 0. The van der Waals surface area contributed by atoms with Crippen molar-refractivity contribution in [3.8, 4) is 11.3 Å². The van der Waals surface area contributed by atoms with Crippen LogP contribution in [0, 0.1) is 34.6 Å². The van der Waals surface area contributed by atoms with Crippen molar-refractivity contribution in [1.82, 2.24) is 19.1 Å². The van der Waals surface area contributed by atoms with E-state index in [1.54, 1.807) is 13.1 Å². The lowest BCUT2D eigenvalue weighted by Crippen LogP contribution is -2.32. The Bertz CT molecular complexity index is 1120. The summed E-state index contributed by atoms with van der Waals surface area (Å²) in [4.78, 5) is 33.0. The van der Waals surface area contributed by atoms with Gasteiger partial charge in [0, 0.05) is 24.0 Å². The summed E-state index contributed by atoms with van der Waals surface area (Å²) in [6, 6.07) is 6.20. The molecule has 7 heteroatoms. The van der Waals surface area contributed by atoms with Crippen molar-refractivity contribution in [2.24, 2.45) is 7.05 Å². The first-order valence-electron chi connectivity index (χ1n) is 9.13. The van der Waals surface area contributed by atoms with Crippen molar-refractivity contribution in [2.45, 2.75) is 41.2 Å². The average Bonchev–Trinajstić information content (AvgIpc) is 3.00. The molecule has 2 heterocycles. The molecule has 0 spiro atoms. The minimum Gasteiger partial charge on any atom is -0.313 e. The zero-order chi connectivity index (χ0) is 20.6. The van der Waals surface area contributed by atoms with Crippen LogP contribution in [0.1, 0.15) is 28.1 Å². The van der Waals surface area contributed by atoms with E-state index in [2.05, 4.69) is 41.3 Å². The first-order valence-corrected chi connectivity index (χ1v) is 9.13. The average molecular weight is 379 g/mol. The number of aryl methyl sites for hydroxylation is 3. The van der Waals surface area contributed by atoms with Crippen LogP contribution in [-0.4, -0.2) is 25.0 Å². The van der Waals surface area contributed by atoms with E-state index in [1.165, 1.54) is 15.7 Å². The van der Waals surface area contributed by atoms with Gasteiger partial charge in [-0.05, 0) is 57.4 Å². The quantitative estimate of drug-likeness (QED) is 0.756. The second-order valence-electron chi connectivity index (χ2n) is 7.15. The van der Waals surface area contributed by atoms with Crippen molar-refractivity contribution in [1.29, 1.82) is 0 Å². The fourth-order valence-electron chi connectivity index (χ4n) is 3.08. The summed E-state index contributed by atoms with van der Waals surface area (Å²) in [6.07, 6.45) is 1.73. The standard InChI is InChI=1S/C21H25N5O2/c1-12-7-8-17(9-13(12)2)18-10-22-20(25(18)6)24-19(27)11-26-16(5)14(3)15(4)23-21(26)28/h7-10H,11H2,1-6H3,(H,22,24,27). The number of imidazole rings is 1. The van der Waals surface area contributed by atoms with E-state index in [9.17, 15) is 9.59 Å². The Morgan fingerprint density at radius 1 is 1.11 bits per heavy atom. The number of rotatable bonds is 4. The highest BCUT2D eigenvalue weighted by Gasteiger charge is 2.15. The normalized spacial score (nSPS) is 10.9. The van der Waals surface area contributed by atoms with Crippen LogP contribution in [0.5, 0.6) is 0 Å². The number of carbonyl (C=O) groups is 1. The highest BCUT2D eigenvalue weighted by molar-refractivity contribution is 5.89. The van der Waals surface area contributed by atoms with E-state index >= 15 is 0 Å². The smallest absolute Gasteiger partial charge is 0.313 e. The second-order valence-corrected chi connectivity index (χ2v) is 7.15. The minimum atomic E-state index is -0.425. The molecule has 0 saturated heterocycles. The fraction of sp³-hybridized carbons (Fsp3) is 0.333. The summed E-state index contributed by atoms with van der Waals surface area (Å²) in [6.45, 7) is 9.52. The summed E-state index contributed by atoms with van der Waals surface area (Å²) in [7, 11) is 1.85. The third-order valence-corrected chi connectivity index (χ3v) is 5.33. The lowest BCUT2D eigenvalue weighted by Gasteiger charge is -2.13. The third kappa shape index (κ3) is 3.60. The van der Waals surface area contributed by atoms with E-state index in [0.29, 0.717) is 11.6 Å². The van der Waals surface area contributed by atoms with Gasteiger partial charge in [0.05, 0.1) is 11.9 Å². The zero-order valence-corrected chi connectivity index (χ0v) is 17.1. The van der Waals surface area contributed by atoms with E-state index in [-0.39, 0.29) is 12.5 Å². The van der Waals surface area contributed by atoms with Gasteiger partial charge in [-0.15, -0.1) is 0 Å². The maximum Gasteiger partial charge on any atom is 0.348 e. The predicted octanol–water partition coefficient (Wildman–Crippen LogP) is 2.82. The van der Waals surface area contributed by atoms with Gasteiger partial charge < -0.3 is 4.57 Å². The van der Waals surface area contributed by atoms with Gasteiger partial charge in [-0.1, -0.05) is 12.1 Å². The number of aromatic nitrogens is 4. The van der Waals surface area contributed by atoms with Gasteiger partial charge in [0.25, 0.3) is 0 Å². The predicted molar refractivity (Wildman–Crippen MR) is 109 cm³/mol. The highest BCUT2D eigenvalue weighted by Crippen LogP contribution is 2.24. The second kappa shape index (κ2) is 7.42. The molecule has 0 atom stereocenters. The molecule has 0 aliphatic rings. The van der Waals surface area contributed by atoms with Gasteiger partial charge in [0.1, 0.15) is 6.54 Å². The molecule has 0 aliphatic carbocycles. The van der Waals surface area contributed by atoms with E-state index in [0.717, 1.165) is 22.5 Å². The SMILES string of the molecule is Cc1ccc(-c2cnc(NC(=O)Cn3c(C)c(C)c(C)nc3=O)n2C)cc1C. The highest BCUT2D eigenvalue weighted by atomic mass is 16.2. The van der Waals surface area contributed by atoms with Crippen molar-refractivity contribution in [3.63, 3.8) is 0 Å². The van der Waals surface area contributed by atoms with Gasteiger partial charge in [0.2, 0.25) is 11.9 Å². The number of carbonyl (C=O) groups excluding carboxylic acids is 1. The van der Waals surface area contributed by atoms with E-state index in [1.807, 2.05) is 31.5 Å². The molecule has 0 bridgehead atoms. The molecule has 2 aromatic heterocycles. The lowest BCUT2D eigenvalue weighted by atomic mass is 10.0. The summed E-state index contributed by atoms with van der Waals surface area (Å²) in [5, 5.41) is 2.79. The molecule has 0 radical (unpaired) electrons. The minimum absolute atomic E-state index is 0.107. The van der Waals surface area contributed by atoms with Crippen LogP contribution < -0.4 is 11.0 Å². The molecular weight excluding hydrogens is 354 g/mol. The van der Waals surface area contributed by atoms with Gasteiger partial charge in [-0.25, -0.2) is 9.78 Å². The van der Waals surface area contributed by atoms with Crippen LogP contribution in [0.4, 0.5) is 5.95 Å². The van der Waals surface area contributed by atoms with E-state index in [4.69, 9.17) is 0 Å². The molecule has 3 aromatic rings. The first kappa shape index (κ1) is 19.5. The molecule has 1 N–H and O–H groups in total. The fourth-order valence-corrected chi connectivity index (χ4v) is 3.08. The third-order valence-electron chi connectivity index (χ3n) is 5.33. The Labute approximate surface area is 164 Å². The Morgan fingerprint density at radius 2 is 1.82 bits per heavy atom. The molecule has 146 valence electrons. The van der Waals surface area contributed by atoms with Gasteiger partial charge >= 0.3 is 5.69 Å². The number of nitrogens with zero attached hydrogens (tertiary/aromatic N) is 4. The van der Waals surface area contributed by atoms with Crippen LogP contribution in [0.15, 0.2) is 29.2 Å². The van der Waals surface area contributed by atoms with Crippen molar-refractivity contribution in [3.05, 3.63) is 63.0 Å². The summed E-state index contributed by atoms with van der Waals surface area (Å²) in [5.74, 6) is 0.108. The van der Waals surface area contributed by atoms with Gasteiger partial charge in [0.15, 0.2) is 0 Å². The Balaban J connectivity index is 1.83. The van der Waals surface area contributed by atoms with Crippen LogP contribution in [0.3, 0.4) is 0 Å². The molecule has 0 unspecified atom stereocenters. The molecule has 0 fully saturated rings. The number of anilines is 1. The molecule has 7 nitrogen and oxygen atoms in total. The maximum atomic E-state index is 12.5. The van der Waals surface area contributed by atoms with Gasteiger partial charge in [-0.3, -0.25) is 14.7 Å². The summed E-state index contributed by atoms with van der Waals surface area (Å²) in [5.41, 5.74) is 6.25. The zero-order valence-electron chi connectivity index (χ0n) is 17.1. The molecule has 28 heavy (non-hydrogen) atoms. The molecular formula is C21H25N5O2. The number of hydrogen-bond donors (Lipinski definition) is 1. The Hall–Kier alpha value is -3.22. The van der Waals surface area contributed by atoms with Crippen LogP contribution >= 0.6 is 0 Å². The van der Waals surface area contributed by atoms with Crippen molar-refractivity contribution in [2.75, 3.05) is 5.32 Å². The Kier molecular flexibility index (Phi) is 5.18. The van der Waals surface area contributed by atoms with Crippen molar-refractivity contribution >= 4 is 11.9 Å². The molecule has 0 saturated carbocycles. The molecule has 1 aromatic carbocycles. The number of hydrogen-bond acceptors (Lipinski definition) is 4. The van der Waals surface area contributed by atoms with Crippen LogP contribution in [0.25, 0.3) is 11.3 Å². The van der Waals surface area contributed by atoms with Crippen LogP contribution in [-0.2, 0) is 18.4 Å². The number of benzene rings is 1. The first-order chi connectivity index (χ1) is 13.2. The molecule has 3 rings (SSSR count). The topological polar surface area (TPSA) is 81.8 Å². The van der Waals surface area contributed by atoms with E-state index < -0.39 is 5.69 Å². The molecule has 1 amide bonds. The molecule has 0 aliphatic heterocycles. The van der Waals surface area contributed by atoms with Crippen molar-refractivity contribution < 1.29 is 4.79 Å². The number of amides is 1. The number of nitrogens with one attached hydrogen (secondary N) is 1.